The van der Waals surface area contributed by atoms with E-state index in [0.29, 0.717) is 0 Å². The molecular weight excluding hydrogens is 396 g/mol. The lowest BCUT2D eigenvalue weighted by atomic mass is 10.1. The number of ketones is 2. The highest BCUT2D eigenvalue weighted by molar-refractivity contribution is 6.45. The minimum absolute atomic E-state index is 0.259. The molecule has 0 aromatic rings. The molecule has 166 valence electrons. The van der Waals surface area contributed by atoms with Crippen LogP contribution >= 0.6 is 0 Å². The zero-order valence-electron chi connectivity index (χ0n) is 17.8. The van der Waals surface area contributed by atoms with Crippen molar-refractivity contribution in [2.24, 2.45) is 5.92 Å². The van der Waals surface area contributed by atoms with Gasteiger partial charge in [-0.15, -0.1) is 0 Å². The molecule has 0 radical (unpaired) electrons. The van der Waals surface area contributed by atoms with Crippen LogP contribution in [0.4, 0.5) is 0 Å². The summed E-state index contributed by atoms with van der Waals surface area (Å²) in [7, 11) is 0. The summed E-state index contributed by atoms with van der Waals surface area (Å²) in [5, 5.41) is 18.5. The van der Waals surface area contributed by atoms with Crippen molar-refractivity contribution in [3.63, 3.8) is 0 Å². The quantitative estimate of drug-likeness (QED) is 0.281. The molecule has 0 aliphatic carbocycles. The average molecular weight is 427 g/mol. The molecule has 1 rings (SSSR count). The molecule has 1 saturated heterocycles. The molecule has 1 fully saturated rings. The lowest BCUT2D eigenvalue weighted by molar-refractivity contribution is -0.152. The number of carbonyl (C=O) groups excluding carboxylic acids is 2. The average Bonchev–Trinajstić information content (AvgIpc) is 3.12. The fourth-order valence-corrected chi connectivity index (χ4v) is 2.44. The van der Waals surface area contributed by atoms with E-state index in [1.54, 1.807) is 60.8 Å². The molecular formula is C25H30O6. The van der Waals surface area contributed by atoms with Crippen LogP contribution in [0, 0.1) is 5.92 Å². The molecule has 2 N–H and O–H groups in total. The zero-order valence-corrected chi connectivity index (χ0v) is 17.8. The van der Waals surface area contributed by atoms with Crippen LogP contribution in [0.25, 0.3) is 0 Å². The van der Waals surface area contributed by atoms with Crippen molar-refractivity contribution in [1.82, 2.24) is 0 Å². The van der Waals surface area contributed by atoms with E-state index < -0.39 is 35.8 Å². The fraction of sp³-hybridized carbons (Fsp3) is 0.320. The minimum atomic E-state index is -1.17. The SMILES string of the molecule is CCC(C)C=CC(=O)C(=O)C=CC=CC=CC=CC=CC=CC1CC(O)C(C(=O)O)O1. The Kier molecular flexibility index (Phi) is 12.4. The van der Waals surface area contributed by atoms with Crippen molar-refractivity contribution >= 4 is 17.5 Å². The lowest BCUT2D eigenvalue weighted by Crippen LogP contribution is -2.29. The first-order valence-corrected chi connectivity index (χ1v) is 10.2. The van der Waals surface area contributed by atoms with Gasteiger partial charge in [-0.3, -0.25) is 9.59 Å². The topological polar surface area (TPSA) is 101 Å². The van der Waals surface area contributed by atoms with Crippen LogP contribution in [0.3, 0.4) is 0 Å². The monoisotopic (exact) mass is 426 g/mol. The third kappa shape index (κ3) is 11.0. The highest BCUT2D eigenvalue weighted by Crippen LogP contribution is 2.21. The van der Waals surface area contributed by atoms with Crippen molar-refractivity contribution in [2.75, 3.05) is 0 Å². The van der Waals surface area contributed by atoms with E-state index in [1.165, 1.54) is 18.2 Å². The maximum Gasteiger partial charge on any atom is 0.335 e. The number of rotatable bonds is 12. The highest BCUT2D eigenvalue weighted by atomic mass is 16.5. The van der Waals surface area contributed by atoms with Gasteiger partial charge in [0.15, 0.2) is 6.10 Å². The molecule has 0 spiro atoms. The van der Waals surface area contributed by atoms with Crippen molar-refractivity contribution in [2.45, 2.75) is 45.0 Å². The molecule has 0 aromatic carbocycles. The standard InChI is InChI=1S/C25H30O6/c1-3-19(2)16-17-22(27)21(26)15-13-11-9-7-5-4-6-8-10-12-14-20-18-23(28)24(31-20)25(29)30/h4-17,19-20,23-24,28H,3,18H2,1-2H3,(H,29,30). The van der Waals surface area contributed by atoms with Crippen LogP contribution < -0.4 is 0 Å². The predicted molar refractivity (Wildman–Crippen MR) is 120 cm³/mol. The molecule has 1 aliphatic rings. The summed E-state index contributed by atoms with van der Waals surface area (Å²) in [6.07, 6.45) is 22.0. The molecule has 1 aliphatic heterocycles. The molecule has 0 bridgehead atoms. The van der Waals surface area contributed by atoms with E-state index in [9.17, 15) is 19.5 Å². The van der Waals surface area contributed by atoms with E-state index in [2.05, 4.69) is 0 Å². The van der Waals surface area contributed by atoms with Crippen molar-refractivity contribution < 1.29 is 29.3 Å². The summed E-state index contributed by atoms with van der Waals surface area (Å²) in [5.41, 5.74) is 0. The number of carbonyl (C=O) groups is 3. The summed E-state index contributed by atoms with van der Waals surface area (Å²) < 4.78 is 5.23. The molecule has 4 unspecified atom stereocenters. The Morgan fingerprint density at radius 3 is 1.94 bits per heavy atom. The number of hydrogen-bond acceptors (Lipinski definition) is 5. The van der Waals surface area contributed by atoms with Crippen LogP contribution in [0.1, 0.15) is 26.7 Å². The third-order valence-corrected chi connectivity index (χ3v) is 4.42. The van der Waals surface area contributed by atoms with E-state index >= 15 is 0 Å². The summed E-state index contributed by atoms with van der Waals surface area (Å²) >= 11 is 0. The molecule has 1 heterocycles. The van der Waals surface area contributed by atoms with Crippen LogP contribution in [-0.4, -0.2) is 46.1 Å². The Morgan fingerprint density at radius 1 is 0.903 bits per heavy atom. The van der Waals surface area contributed by atoms with Gasteiger partial charge < -0.3 is 14.9 Å². The lowest BCUT2D eigenvalue weighted by Gasteiger charge is -2.07. The number of ether oxygens (including phenoxy) is 1. The molecule has 6 heteroatoms. The van der Waals surface area contributed by atoms with Gasteiger partial charge in [-0.25, -0.2) is 4.79 Å². The molecule has 31 heavy (non-hydrogen) atoms. The normalized spacial score (nSPS) is 23.6. The van der Waals surface area contributed by atoms with Crippen molar-refractivity contribution in [3.05, 3.63) is 85.1 Å². The minimum Gasteiger partial charge on any atom is -0.479 e. The highest BCUT2D eigenvalue weighted by Gasteiger charge is 2.37. The summed E-state index contributed by atoms with van der Waals surface area (Å²) in [6, 6.07) is 0. The first-order chi connectivity index (χ1) is 14.8. The second kappa shape index (κ2) is 14.8. The van der Waals surface area contributed by atoms with E-state index in [0.717, 1.165) is 6.42 Å². The predicted octanol–water partition coefficient (Wildman–Crippen LogP) is 3.67. The molecule has 0 aromatic heterocycles. The number of hydrogen-bond donors (Lipinski definition) is 2. The van der Waals surface area contributed by atoms with E-state index in [1.807, 2.05) is 19.9 Å². The zero-order chi connectivity index (χ0) is 23.1. The summed E-state index contributed by atoms with van der Waals surface area (Å²) in [4.78, 5) is 34.1. The third-order valence-electron chi connectivity index (χ3n) is 4.42. The molecule has 6 nitrogen and oxygen atoms in total. The smallest absolute Gasteiger partial charge is 0.335 e. The van der Waals surface area contributed by atoms with Crippen LogP contribution in [0.2, 0.25) is 0 Å². The van der Waals surface area contributed by atoms with E-state index in [4.69, 9.17) is 9.84 Å². The van der Waals surface area contributed by atoms with Gasteiger partial charge in [0.25, 0.3) is 0 Å². The van der Waals surface area contributed by atoms with Gasteiger partial charge in [0.1, 0.15) is 0 Å². The summed E-state index contributed by atoms with van der Waals surface area (Å²) in [6.45, 7) is 4.00. The van der Waals surface area contributed by atoms with Gasteiger partial charge in [-0.05, 0) is 18.1 Å². The van der Waals surface area contributed by atoms with Gasteiger partial charge in [0.05, 0.1) is 12.2 Å². The van der Waals surface area contributed by atoms with Gasteiger partial charge >= 0.3 is 5.97 Å². The Bertz CT molecular complexity index is 810. The molecule has 0 saturated carbocycles. The summed E-state index contributed by atoms with van der Waals surface area (Å²) in [5.74, 6) is -1.97. The first-order valence-electron chi connectivity index (χ1n) is 10.2. The maximum atomic E-state index is 11.6. The van der Waals surface area contributed by atoms with Gasteiger partial charge in [0.2, 0.25) is 11.6 Å². The number of allylic oxidation sites excluding steroid dienone is 13. The van der Waals surface area contributed by atoms with Crippen LogP contribution in [0.5, 0.6) is 0 Å². The fourth-order valence-electron chi connectivity index (χ4n) is 2.44. The second-order valence-corrected chi connectivity index (χ2v) is 6.99. The second-order valence-electron chi connectivity index (χ2n) is 6.99. The van der Waals surface area contributed by atoms with E-state index in [-0.39, 0.29) is 12.3 Å². The molecule has 0 amide bonds. The van der Waals surface area contributed by atoms with Crippen LogP contribution in [-0.2, 0) is 19.1 Å². The van der Waals surface area contributed by atoms with Gasteiger partial charge in [0, 0.05) is 6.42 Å². The first kappa shape index (κ1) is 25.9. The number of carboxylic acid groups (broad SMARTS) is 1. The van der Waals surface area contributed by atoms with Crippen LogP contribution in [0.15, 0.2) is 85.1 Å². The number of carboxylic acids is 1. The number of aliphatic carboxylic acids is 1. The molecule has 4 atom stereocenters. The Hall–Kier alpha value is -3.09. The van der Waals surface area contributed by atoms with Gasteiger partial charge in [-0.2, -0.15) is 0 Å². The van der Waals surface area contributed by atoms with Crippen molar-refractivity contribution in [3.8, 4) is 0 Å². The number of aliphatic hydroxyl groups excluding tert-OH is 1. The van der Waals surface area contributed by atoms with Crippen molar-refractivity contribution in [1.29, 1.82) is 0 Å². The maximum absolute atomic E-state index is 11.6. The number of aliphatic hydroxyl groups is 1. The Morgan fingerprint density at radius 2 is 1.42 bits per heavy atom. The Balaban J connectivity index is 2.30. The Labute approximate surface area is 183 Å². The largest absolute Gasteiger partial charge is 0.479 e. The van der Waals surface area contributed by atoms with Gasteiger partial charge in [-0.1, -0.05) is 93.2 Å².